The van der Waals surface area contributed by atoms with Gasteiger partial charge in [0.15, 0.2) is 0 Å². The first kappa shape index (κ1) is 24.1. The van der Waals surface area contributed by atoms with E-state index in [1.165, 1.54) is 4.90 Å². The summed E-state index contributed by atoms with van der Waals surface area (Å²) in [6.45, 7) is 7.73. The average molecular weight is 472 g/mol. The largest absolute Gasteiger partial charge is 0.507 e. The summed E-state index contributed by atoms with van der Waals surface area (Å²) in [5.41, 5.74) is 3.69. The van der Waals surface area contributed by atoms with Crippen molar-refractivity contribution in [3.05, 3.63) is 94.6 Å². The van der Waals surface area contributed by atoms with E-state index in [1.54, 1.807) is 55.6 Å². The molecule has 0 spiro atoms. The van der Waals surface area contributed by atoms with E-state index < -0.39 is 17.7 Å². The zero-order valence-electron chi connectivity index (χ0n) is 20.5. The number of anilines is 1. The summed E-state index contributed by atoms with van der Waals surface area (Å²) in [6.07, 6.45) is 0.00703. The lowest BCUT2D eigenvalue weighted by Gasteiger charge is -2.27. The number of aliphatic hydroxyl groups is 1. The molecule has 1 aliphatic heterocycles. The number of ketones is 1. The van der Waals surface area contributed by atoms with Crippen molar-refractivity contribution in [1.82, 2.24) is 0 Å². The van der Waals surface area contributed by atoms with Crippen molar-refractivity contribution in [1.29, 1.82) is 0 Å². The molecule has 180 valence electrons. The van der Waals surface area contributed by atoms with E-state index in [0.717, 1.165) is 11.1 Å². The first-order chi connectivity index (χ1) is 16.7. The lowest BCUT2D eigenvalue weighted by atomic mass is 9.94. The molecule has 6 nitrogen and oxygen atoms in total. The molecule has 1 N–H and O–H groups in total. The van der Waals surface area contributed by atoms with Gasteiger partial charge in [0.2, 0.25) is 0 Å². The molecule has 0 aromatic heterocycles. The van der Waals surface area contributed by atoms with Crippen LogP contribution in [0.15, 0.2) is 72.3 Å². The number of carbonyl (C=O) groups is 2. The number of benzene rings is 3. The van der Waals surface area contributed by atoms with Crippen LogP contribution >= 0.6 is 0 Å². The quantitative estimate of drug-likeness (QED) is 0.282. The Morgan fingerprint density at radius 2 is 1.54 bits per heavy atom. The maximum atomic E-state index is 13.4. The molecule has 3 aromatic carbocycles. The monoisotopic (exact) mass is 471 g/mol. The average Bonchev–Trinajstić information content (AvgIpc) is 3.09. The standard InChI is InChI=1S/C29H29NO5/c1-17(2)35-23-13-9-21(10-14-23)27(31)25-26(20-7-11-22(34-5)12-8-20)30(29(33)28(25)32)24-15-6-18(3)16-19(24)4/h6-17,26,31H,1-5H3/b27-25+. The molecule has 0 aliphatic carbocycles. The number of methoxy groups -OCH3 is 1. The number of carbonyl (C=O) groups excluding carboxylic acids is 2. The van der Waals surface area contributed by atoms with Crippen LogP contribution < -0.4 is 14.4 Å². The number of aryl methyl sites for hydroxylation is 2. The third kappa shape index (κ3) is 4.64. The van der Waals surface area contributed by atoms with Crippen LogP contribution in [0.5, 0.6) is 11.5 Å². The zero-order valence-corrected chi connectivity index (χ0v) is 20.5. The van der Waals surface area contributed by atoms with Gasteiger partial charge in [-0.3, -0.25) is 14.5 Å². The summed E-state index contributed by atoms with van der Waals surface area (Å²) < 4.78 is 11.0. The van der Waals surface area contributed by atoms with Crippen LogP contribution in [0.3, 0.4) is 0 Å². The van der Waals surface area contributed by atoms with Crippen molar-refractivity contribution in [2.45, 2.75) is 39.8 Å². The Balaban J connectivity index is 1.88. The van der Waals surface area contributed by atoms with Crippen LogP contribution in [0.25, 0.3) is 5.76 Å². The Hall–Kier alpha value is -4.06. The highest BCUT2D eigenvalue weighted by molar-refractivity contribution is 6.51. The van der Waals surface area contributed by atoms with E-state index in [9.17, 15) is 14.7 Å². The van der Waals surface area contributed by atoms with Crippen molar-refractivity contribution in [3.8, 4) is 11.5 Å². The molecule has 3 aromatic rings. The van der Waals surface area contributed by atoms with Crippen molar-refractivity contribution in [2.75, 3.05) is 12.0 Å². The predicted molar refractivity (Wildman–Crippen MR) is 136 cm³/mol. The third-order valence-corrected chi connectivity index (χ3v) is 5.99. The minimum absolute atomic E-state index is 0.00703. The summed E-state index contributed by atoms with van der Waals surface area (Å²) >= 11 is 0. The number of Topliss-reactive ketones (excluding diaryl/α,β-unsaturated/α-hetero) is 1. The summed E-state index contributed by atoms with van der Waals surface area (Å²) in [6, 6.07) is 18.9. The lowest BCUT2D eigenvalue weighted by molar-refractivity contribution is -0.132. The molecule has 1 aliphatic rings. The molecule has 1 atom stereocenters. The van der Waals surface area contributed by atoms with E-state index in [1.807, 2.05) is 45.9 Å². The maximum absolute atomic E-state index is 13.4. The van der Waals surface area contributed by atoms with Gasteiger partial charge in [0.25, 0.3) is 11.7 Å². The second-order valence-electron chi connectivity index (χ2n) is 8.92. The molecular weight excluding hydrogens is 442 g/mol. The molecule has 1 saturated heterocycles. The highest BCUT2D eigenvalue weighted by Gasteiger charge is 2.47. The van der Waals surface area contributed by atoms with Gasteiger partial charge in [-0.2, -0.15) is 0 Å². The lowest BCUT2D eigenvalue weighted by Crippen LogP contribution is -2.30. The number of hydrogen-bond acceptors (Lipinski definition) is 5. The van der Waals surface area contributed by atoms with Crippen molar-refractivity contribution in [3.63, 3.8) is 0 Å². The minimum Gasteiger partial charge on any atom is -0.507 e. The Labute approximate surface area is 205 Å². The number of aliphatic hydroxyl groups excluding tert-OH is 1. The van der Waals surface area contributed by atoms with Crippen LogP contribution in [0.4, 0.5) is 5.69 Å². The van der Waals surface area contributed by atoms with E-state index in [0.29, 0.717) is 28.3 Å². The van der Waals surface area contributed by atoms with Gasteiger partial charge in [0.05, 0.1) is 24.8 Å². The Bertz CT molecular complexity index is 1290. The van der Waals surface area contributed by atoms with Gasteiger partial charge >= 0.3 is 0 Å². The number of hydrogen-bond donors (Lipinski definition) is 1. The predicted octanol–water partition coefficient (Wildman–Crippen LogP) is 5.73. The first-order valence-electron chi connectivity index (χ1n) is 11.5. The van der Waals surface area contributed by atoms with Crippen molar-refractivity contribution in [2.24, 2.45) is 0 Å². The summed E-state index contributed by atoms with van der Waals surface area (Å²) in [5.74, 6) is -0.339. The van der Waals surface area contributed by atoms with Crippen molar-refractivity contribution >= 4 is 23.1 Å². The highest BCUT2D eigenvalue weighted by atomic mass is 16.5. The van der Waals surface area contributed by atoms with E-state index in [-0.39, 0.29) is 17.4 Å². The molecular formula is C29H29NO5. The summed E-state index contributed by atoms with van der Waals surface area (Å²) in [5, 5.41) is 11.3. The second kappa shape index (κ2) is 9.66. The molecule has 6 heteroatoms. The number of rotatable bonds is 6. The minimum atomic E-state index is -0.797. The van der Waals surface area contributed by atoms with Crippen LogP contribution in [0, 0.1) is 13.8 Å². The van der Waals surface area contributed by atoms with E-state index in [4.69, 9.17) is 9.47 Å². The number of amides is 1. The maximum Gasteiger partial charge on any atom is 0.300 e. The SMILES string of the molecule is COc1ccc(C2/C(=C(\O)c3ccc(OC(C)C)cc3)C(=O)C(=O)N2c2ccc(C)cc2C)cc1. The van der Waals surface area contributed by atoms with E-state index in [2.05, 4.69) is 0 Å². The molecule has 35 heavy (non-hydrogen) atoms. The second-order valence-corrected chi connectivity index (χ2v) is 8.92. The topological polar surface area (TPSA) is 76.1 Å². The summed E-state index contributed by atoms with van der Waals surface area (Å²) in [7, 11) is 1.57. The fourth-order valence-corrected chi connectivity index (χ4v) is 4.38. The van der Waals surface area contributed by atoms with Gasteiger partial charge in [-0.15, -0.1) is 0 Å². The number of ether oxygens (including phenoxy) is 2. The van der Waals surface area contributed by atoms with Crippen molar-refractivity contribution < 1.29 is 24.2 Å². The normalized spacial score (nSPS) is 17.2. The fourth-order valence-electron chi connectivity index (χ4n) is 4.38. The Morgan fingerprint density at radius 1 is 0.914 bits per heavy atom. The first-order valence-corrected chi connectivity index (χ1v) is 11.5. The zero-order chi connectivity index (χ0) is 25.3. The summed E-state index contributed by atoms with van der Waals surface area (Å²) in [4.78, 5) is 28.2. The van der Waals surface area contributed by atoms with Gasteiger partial charge in [0.1, 0.15) is 17.3 Å². The van der Waals surface area contributed by atoms with Crippen LogP contribution in [-0.4, -0.2) is 30.0 Å². The number of nitrogens with zero attached hydrogens (tertiary/aromatic N) is 1. The molecule has 0 saturated carbocycles. The third-order valence-electron chi connectivity index (χ3n) is 5.99. The molecule has 1 unspecified atom stereocenters. The fraction of sp³-hybridized carbons (Fsp3) is 0.241. The van der Waals surface area contributed by atoms with Gasteiger partial charge in [-0.05, 0) is 81.3 Å². The molecule has 1 amide bonds. The van der Waals surface area contributed by atoms with Crippen LogP contribution in [0.2, 0.25) is 0 Å². The van der Waals surface area contributed by atoms with Crippen LogP contribution in [-0.2, 0) is 9.59 Å². The molecule has 4 rings (SSSR count). The van der Waals surface area contributed by atoms with Gasteiger partial charge in [-0.1, -0.05) is 29.8 Å². The van der Waals surface area contributed by atoms with Gasteiger partial charge in [0, 0.05) is 11.3 Å². The van der Waals surface area contributed by atoms with Crippen LogP contribution in [0.1, 0.15) is 42.1 Å². The molecule has 1 fully saturated rings. The van der Waals surface area contributed by atoms with E-state index >= 15 is 0 Å². The van der Waals surface area contributed by atoms with Gasteiger partial charge in [-0.25, -0.2) is 0 Å². The Kier molecular flexibility index (Phi) is 6.65. The molecule has 0 radical (unpaired) electrons. The smallest absolute Gasteiger partial charge is 0.300 e. The Morgan fingerprint density at radius 3 is 2.11 bits per heavy atom. The molecule has 1 heterocycles. The molecule has 0 bridgehead atoms. The highest BCUT2D eigenvalue weighted by Crippen LogP contribution is 2.43. The van der Waals surface area contributed by atoms with Gasteiger partial charge < -0.3 is 14.6 Å².